The predicted molar refractivity (Wildman–Crippen MR) is 116 cm³/mol. The van der Waals surface area contributed by atoms with Gasteiger partial charge >= 0.3 is 0 Å². The van der Waals surface area contributed by atoms with Gasteiger partial charge in [0.05, 0.1) is 0 Å². The Balaban J connectivity index is 1.73. The first kappa shape index (κ1) is 17.9. The molecule has 1 aliphatic rings. The Kier molecular flexibility index (Phi) is 4.35. The van der Waals surface area contributed by atoms with Crippen molar-refractivity contribution in [1.29, 1.82) is 0 Å². The van der Waals surface area contributed by atoms with Crippen molar-refractivity contribution in [2.75, 3.05) is 0 Å². The van der Waals surface area contributed by atoms with Gasteiger partial charge in [-0.05, 0) is 54.5 Å². The first-order valence-corrected chi connectivity index (χ1v) is 10.1. The quantitative estimate of drug-likeness (QED) is 0.355. The van der Waals surface area contributed by atoms with Gasteiger partial charge in [-0.15, -0.1) is 0 Å². The number of hydrogen-bond acceptors (Lipinski definition) is 1. The number of aryl methyl sites for hydroxylation is 2. The van der Waals surface area contributed by atoms with E-state index in [1.165, 1.54) is 17.2 Å². The van der Waals surface area contributed by atoms with E-state index in [0.717, 1.165) is 39.6 Å². The summed E-state index contributed by atoms with van der Waals surface area (Å²) in [5.41, 5.74) is 5.96. The highest BCUT2D eigenvalue weighted by Crippen LogP contribution is 2.49. The number of hydrogen-bond donors (Lipinski definition) is 0. The van der Waals surface area contributed by atoms with E-state index >= 15 is 0 Å². The summed E-state index contributed by atoms with van der Waals surface area (Å²) in [5.74, 6) is 0.788. The summed E-state index contributed by atoms with van der Waals surface area (Å²) in [7, 11) is 0. The molecule has 0 spiro atoms. The van der Waals surface area contributed by atoms with Gasteiger partial charge in [0.1, 0.15) is 17.7 Å². The molecule has 2 unspecified atom stereocenters. The van der Waals surface area contributed by atoms with E-state index in [1.54, 1.807) is 6.07 Å². The molecule has 1 aliphatic heterocycles. The Morgan fingerprint density at radius 1 is 0.793 bits per heavy atom. The van der Waals surface area contributed by atoms with Crippen LogP contribution in [0.4, 0.5) is 4.39 Å². The highest BCUT2D eigenvalue weighted by atomic mass is 19.1. The normalized spacial score (nSPS) is 18.3. The van der Waals surface area contributed by atoms with Crippen LogP contribution in [0, 0.1) is 19.7 Å². The van der Waals surface area contributed by atoms with Gasteiger partial charge in [0, 0.05) is 16.9 Å². The van der Waals surface area contributed by atoms with Gasteiger partial charge in [-0.2, -0.15) is 0 Å². The third-order valence-corrected chi connectivity index (χ3v) is 6.02. The SMILES string of the molecule is Cc1ccc(C2CC(c3ccccc3)c3cc(C)c4ccc(F)cc4c3O2)cc1. The largest absolute Gasteiger partial charge is 0.485 e. The van der Waals surface area contributed by atoms with Crippen LogP contribution in [0.1, 0.15) is 46.3 Å². The molecule has 1 nitrogen and oxygen atoms in total. The average molecular weight is 382 g/mol. The summed E-state index contributed by atoms with van der Waals surface area (Å²) in [4.78, 5) is 0. The second-order valence-electron chi connectivity index (χ2n) is 8.02. The second-order valence-corrected chi connectivity index (χ2v) is 8.02. The van der Waals surface area contributed by atoms with Crippen LogP contribution in [-0.4, -0.2) is 0 Å². The van der Waals surface area contributed by atoms with Crippen molar-refractivity contribution in [3.63, 3.8) is 0 Å². The molecule has 5 rings (SSSR count). The van der Waals surface area contributed by atoms with E-state index in [1.807, 2.05) is 12.1 Å². The lowest BCUT2D eigenvalue weighted by molar-refractivity contribution is 0.170. The summed E-state index contributed by atoms with van der Waals surface area (Å²) in [6.45, 7) is 4.18. The summed E-state index contributed by atoms with van der Waals surface area (Å²) >= 11 is 0. The van der Waals surface area contributed by atoms with Crippen molar-refractivity contribution in [2.24, 2.45) is 0 Å². The van der Waals surface area contributed by atoms with Gasteiger partial charge < -0.3 is 4.74 Å². The van der Waals surface area contributed by atoms with Crippen LogP contribution in [0.15, 0.2) is 78.9 Å². The summed E-state index contributed by atoms with van der Waals surface area (Å²) < 4.78 is 20.7. The van der Waals surface area contributed by atoms with Crippen molar-refractivity contribution < 1.29 is 9.13 Å². The molecule has 0 bridgehead atoms. The van der Waals surface area contributed by atoms with E-state index in [9.17, 15) is 4.39 Å². The summed E-state index contributed by atoms with van der Waals surface area (Å²) in [6, 6.07) is 26.3. The molecule has 2 heteroatoms. The van der Waals surface area contributed by atoms with Crippen LogP contribution in [0.25, 0.3) is 10.8 Å². The van der Waals surface area contributed by atoms with Gasteiger partial charge in [0.25, 0.3) is 0 Å². The molecule has 0 saturated carbocycles. The molecule has 0 aliphatic carbocycles. The number of halogens is 1. The fourth-order valence-corrected chi connectivity index (χ4v) is 4.49. The fraction of sp³-hybridized carbons (Fsp3) is 0.185. The van der Waals surface area contributed by atoms with E-state index < -0.39 is 0 Å². The molecule has 2 atom stereocenters. The van der Waals surface area contributed by atoms with Gasteiger partial charge in [0.2, 0.25) is 0 Å². The second kappa shape index (κ2) is 7.04. The first-order valence-electron chi connectivity index (χ1n) is 10.1. The Morgan fingerprint density at radius 3 is 2.31 bits per heavy atom. The standard InChI is InChI=1S/C27H23FO/c1-17-8-10-20(11-9-17)26-16-23(19-6-4-3-5-7-19)24-14-18(2)22-13-12-21(28)15-25(22)27(24)29-26/h3-15,23,26H,16H2,1-2H3. The fourth-order valence-electron chi connectivity index (χ4n) is 4.49. The predicted octanol–water partition coefficient (Wildman–Crippen LogP) is 7.25. The number of fused-ring (bicyclic) bond motifs is 3. The number of ether oxygens (including phenoxy) is 1. The molecular formula is C27H23FO. The van der Waals surface area contributed by atoms with Gasteiger partial charge in [-0.25, -0.2) is 4.39 Å². The highest BCUT2D eigenvalue weighted by Gasteiger charge is 2.32. The summed E-state index contributed by atoms with van der Waals surface area (Å²) in [6.07, 6.45) is 0.794. The maximum atomic E-state index is 14.2. The molecule has 0 amide bonds. The van der Waals surface area contributed by atoms with Crippen molar-refractivity contribution in [3.05, 3.63) is 112 Å². The van der Waals surface area contributed by atoms with Crippen molar-refractivity contribution in [2.45, 2.75) is 32.3 Å². The smallest absolute Gasteiger partial charge is 0.132 e. The Bertz CT molecular complexity index is 1180. The van der Waals surface area contributed by atoms with Crippen LogP contribution in [0.3, 0.4) is 0 Å². The minimum atomic E-state index is -0.234. The summed E-state index contributed by atoms with van der Waals surface area (Å²) in [5, 5.41) is 1.90. The average Bonchev–Trinajstić information content (AvgIpc) is 2.74. The monoisotopic (exact) mass is 382 g/mol. The van der Waals surface area contributed by atoms with Gasteiger partial charge in [0.15, 0.2) is 0 Å². The third kappa shape index (κ3) is 3.19. The van der Waals surface area contributed by atoms with Crippen molar-refractivity contribution in [1.82, 2.24) is 0 Å². The van der Waals surface area contributed by atoms with Crippen LogP contribution >= 0.6 is 0 Å². The zero-order valence-electron chi connectivity index (χ0n) is 16.7. The van der Waals surface area contributed by atoms with Gasteiger partial charge in [-0.3, -0.25) is 0 Å². The molecule has 144 valence electrons. The Labute approximate surface area is 170 Å². The molecule has 4 aromatic rings. The van der Waals surface area contributed by atoms with Crippen LogP contribution in [-0.2, 0) is 0 Å². The lowest BCUT2D eigenvalue weighted by atomic mass is 9.80. The molecular weight excluding hydrogens is 359 g/mol. The molecule has 0 saturated heterocycles. The third-order valence-electron chi connectivity index (χ3n) is 6.02. The van der Waals surface area contributed by atoms with E-state index in [2.05, 4.69) is 68.4 Å². The lowest BCUT2D eigenvalue weighted by Crippen LogP contribution is -2.20. The van der Waals surface area contributed by atoms with Crippen molar-refractivity contribution in [3.8, 4) is 5.75 Å². The maximum Gasteiger partial charge on any atom is 0.132 e. The van der Waals surface area contributed by atoms with Crippen LogP contribution in [0.5, 0.6) is 5.75 Å². The topological polar surface area (TPSA) is 9.23 Å². The van der Waals surface area contributed by atoms with E-state index in [0.29, 0.717) is 0 Å². The molecule has 0 fully saturated rings. The maximum absolute atomic E-state index is 14.2. The number of rotatable bonds is 2. The zero-order valence-corrected chi connectivity index (χ0v) is 16.7. The van der Waals surface area contributed by atoms with Crippen molar-refractivity contribution >= 4 is 10.8 Å². The van der Waals surface area contributed by atoms with E-state index in [-0.39, 0.29) is 17.8 Å². The zero-order chi connectivity index (χ0) is 20.0. The molecule has 1 heterocycles. The lowest BCUT2D eigenvalue weighted by Gasteiger charge is -2.34. The highest BCUT2D eigenvalue weighted by molar-refractivity contribution is 5.93. The molecule has 0 aromatic heterocycles. The first-order chi connectivity index (χ1) is 14.1. The van der Waals surface area contributed by atoms with Gasteiger partial charge in [-0.1, -0.05) is 72.3 Å². The van der Waals surface area contributed by atoms with Crippen LogP contribution in [0.2, 0.25) is 0 Å². The molecule has 4 aromatic carbocycles. The number of benzene rings is 4. The minimum Gasteiger partial charge on any atom is -0.485 e. The molecule has 0 radical (unpaired) electrons. The Morgan fingerprint density at radius 2 is 1.55 bits per heavy atom. The minimum absolute atomic E-state index is 0.0671. The molecule has 0 N–H and O–H groups in total. The van der Waals surface area contributed by atoms with Crippen LogP contribution < -0.4 is 4.74 Å². The van der Waals surface area contributed by atoms with E-state index in [4.69, 9.17) is 4.74 Å². The Hall–Kier alpha value is -3.13. The molecule has 29 heavy (non-hydrogen) atoms.